The van der Waals surface area contributed by atoms with Gasteiger partial charge in [-0.3, -0.25) is 0 Å². The molecule has 220 valence electrons. The lowest BCUT2D eigenvalue weighted by Gasteiger charge is -2.24. The Labute approximate surface area is 257 Å². The molecule has 0 heteroatoms. The first-order valence-corrected chi connectivity index (χ1v) is 16.4. The molecule has 3 aliphatic rings. The smallest absolute Gasteiger partial charge is 0.0561 e. The Balaban J connectivity index is 1.36. The third-order valence-corrected chi connectivity index (χ3v) is 9.64. The first-order valence-electron chi connectivity index (χ1n) is 16.4. The van der Waals surface area contributed by atoms with Gasteiger partial charge in [0.15, 0.2) is 0 Å². The molecule has 2 aromatic rings. The predicted octanol–water partition coefficient (Wildman–Crippen LogP) is 11.5. The van der Waals surface area contributed by atoms with E-state index in [2.05, 4.69) is 115 Å². The fourth-order valence-corrected chi connectivity index (χ4v) is 6.69. The van der Waals surface area contributed by atoms with Gasteiger partial charge in [-0.2, -0.15) is 0 Å². The second kappa shape index (κ2) is 11.9. The molecule has 0 aliphatic heterocycles. The molecule has 5 rings (SSSR count). The molecule has 2 saturated carbocycles. The zero-order chi connectivity index (χ0) is 30.2. The summed E-state index contributed by atoms with van der Waals surface area (Å²) in [5, 5.41) is 0. The van der Waals surface area contributed by atoms with E-state index in [-0.39, 0.29) is 10.8 Å². The van der Waals surface area contributed by atoms with E-state index in [4.69, 9.17) is 6.42 Å². The lowest BCUT2D eigenvalue weighted by Crippen LogP contribution is -2.12. The van der Waals surface area contributed by atoms with Gasteiger partial charge < -0.3 is 0 Å². The van der Waals surface area contributed by atoms with Crippen molar-refractivity contribution in [1.82, 2.24) is 0 Å². The lowest BCUT2D eigenvalue weighted by atomic mass is 9.80. The van der Waals surface area contributed by atoms with Crippen LogP contribution in [0.25, 0.3) is 11.1 Å². The standard InChI is InChI=1S/C42H52/c1-10-42(19-20-42)38-23-32(27-41(7,8)9)22-36(24-38)30(5)21-31(6)39-25-37(34-15-16-34)26-40(39)35-17-13-33(14-18-35)29(4)12-11-28(2)3/h1,13-14,17-18,22-26,28,31,34,40H,4-5,11-12,15-16,19-21,27H2,2-3,6-9H3/t31-,40?/m1/s1. The first kappa shape index (κ1) is 30.4. The lowest BCUT2D eigenvalue weighted by molar-refractivity contribution is 0.411. The maximum Gasteiger partial charge on any atom is 0.0561 e. The summed E-state index contributed by atoms with van der Waals surface area (Å²) in [5.74, 6) is 5.34. The monoisotopic (exact) mass is 556 g/mol. The zero-order valence-corrected chi connectivity index (χ0v) is 27.2. The number of benzene rings is 2. The van der Waals surface area contributed by atoms with Gasteiger partial charge in [-0.05, 0) is 125 Å². The Hall–Kier alpha value is -3.04. The molecule has 0 aromatic heterocycles. The normalized spacial score (nSPS) is 20.1. The van der Waals surface area contributed by atoms with Crippen LogP contribution in [0.3, 0.4) is 0 Å². The molecule has 0 bridgehead atoms. The van der Waals surface area contributed by atoms with Crippen LogP contribution in [0.4, 0.5) is 0 Å². The van der Waals surface area contributed by atoms with Gasteiger partial charge >= 0.3 is 0 Å². The molecule has 42 heavy (non-hydrogen) atoms. The largest absolute Gasteiger partial charge is 0.119 e. The number of terminal acetylenes is 1. The molecule has 0 saturated heterocycles. The van der Waals surface area contributed by atoms with Crippen molar-refractivity contribution in [2.45, 2.75) is 104 Å². The van der Waals surface area contributed by atoms with Crippen LogP contribution < -0.4 is 0 Å². The summed E-state index contributed by atoms with van der Waals surface area (Å²) in [6, 6.07) is 16.4. The second-order valence-electron chi connectivity index (χ2n) is 15.3. The second-order valence-corrected chi connectivity index (χ2v) is 15.3. The Morgan fingerprint density at radius 1 is 0.976 bits per heavy atom. The van der Waals surface area contributed by atoms with Crippen LogP contribution in [-0.2, 0) is 11.8 Å². The molecule has 2 aromatic carbocycles. The van der Waals surface area contributed by atoms with Crippen molar-refractivity contribution in [2.75, 3.05) is 0 Å². The van der Waals surface area contributed by atoms with E-state index < -0.39 is 0 Å². The number of rotatable bonds is 12. The molecule has 0 heterocycles. The zero-order valence-electron chi connectivity index (χ0n) is 27.2. The van der Waals surface area contributed by atoms with Gasteiger partial charge in [0, 0.05) is 5.92 Å². The van der Waals surface area contributed by atoms with Crippen LogP contribution in [0.5, 0.6) is 0 Å². The summed E-state index contributed by atoms with van der Waals surface area (Å²) in [6.45, 7) is 23.0. The minimum atomic E-state index is -0.0665. The number of allylic oxidation sites excluding steroid dienone is 6. The Bertz CT molecular complexity index is 1430. The minimum Gasteiger partial charge on any atom is -0.119 e. The van der Waals surface area contributed by atoms with E-state index in [1.807, 2.05) is 0 Å². The van der Waals surface area contributed by atoms with Crippen molar-refractivity contribution in [3.8, 4) is 12.3 Å². The number of hydrogen-bond acceptors (Lipinski definition) is 0. The highest BCUT2D eigenvalue weighted by Crippen LogP contribution is 2.50. The van der Waals surface area contributed by atoms with Crippen LogP contribution in [-0.4, -0.2) is 0 Å². The third-order valence-electron chi connectivity index (χ3n) is 9.64. The van der Waals surface area contributed by atoms with E-state index in [1.165, 1.54) is 63.8 Å². The Morgan fingerprint density at radius 2 is 1.67 bits per heavy atom. The van der Waals surface area contributed by atoms with E-state index in [0.717, 1.165) is 38.0 Å². The van der Waals surface area contributed by atoms with E-state index in [0.29, 0.717) is 17.8 Å². The molecule has 0 nitrogen and oxygen atoms in total. The quantitative estimate of drug-likeness (QED) is 0.228. The van der Waals surface area contributed by atoms with Crippen LogP contribution in [0.2, 0.25) is 0 Å². The average Bonchev–Trinajstić information content (AvgIpc) is 3.88. The van der Waals surface area contributed by atoms with Crippen molar-refractivity contribution in [1.29, 1.82) is 0 Å². The van der Waals surface area contributed by atoms with Crippen molar-refractivity contribution in [3.63, 3.8) is 0 Å². The predicted molar refractivity (Wildman–Crippen MR) is 183 cm³/mol. The van der Waals surface area contributed by atoms with Crippen molar-refractivity contribution >= 4 is 11.1 Å². The maximum atomic E-state index is 6.04. The van der Waals surface area contributed by atoms with E-state index >= 15 is 0 Å². The molecule has 0 spiro atoms. The molecular formula is C42H52. The fraction of sp³-hybridized carbons (Fsp3) is 0.476. The SMILES string of the molecule is C#CC1(c2cc(CC(C)(C)C)cc(C(=C)C[C@@H](C)C3=CC(C4CC4)=CC3c3ccc(C(=C)CCC(C)C)cc3)c2)CC1. The highest BCUT2D eigenvalue weighted by molar-refractivity contribution is 5.67. The Morgan fingerprint density at radius 3 is 2.24 bits per heavy atom. The topological polar surface area (TPSA) is 0 Å². The van der Waals surface area contributed by atoms with Gasteiger partial charge in [0.1, 0.15) is 0 Å². The van der Waals surface area contributed by atoms with Crippen molar-refractivity contribution in [3.05, 3.63) is 107 Å². The molecule has 0 N–H and O–H groups in total. The van der Waals surface area contributed by atoms with Gasteiger partial charge in [0.2, 0.25) is 0 Å². The summed E-state index contributed by atoms with van der Waals surface area (Å²) >= 11 is 0. The minimum absolute atomic E-state index is 0.0665. The summed E-state index contributed by atoms with van der Waals surface area (Å²) < 4.78 is 0. The molecule has 2 atom stereocenters. The molecule has 3 aliphatic carbocycles. The molecular weight excluding hydrogens is 504 g/mol. The van der Waals surface area contributed by atoms with Crippen LogP contribution in [0.15, 0.2) is 78.9 Å². The van der Waals surface area contributed by atoms with E-state index in [9.17, 15) is 0 Å². The summed E-state index contributed by atoms with van der Waals surface area (Å²) in [5.41, 5.74) is 12.4. The fourth-order valence-electron chi connectivity index (χ4n) is 6.69. The Kier molecular flexibility index (Phi) is 8.63. The van der Waals surface area contributed by atoms with Gasteiger partial charge in [-0.15, -0.1) is 6.42 Å². The summed E-state index contributed by atoms with van der Waals surface area (Å²) in [7, 11) is 0. The molecule has 0 amide bonds. The molecule has 1 unspecified atom stereocenters. The van der Waals surface area contributed by atoms with Crippen molar-refractivity contribution < 1.29 is 0 Å². The van der Waals surface area contributed by atoms with Crippen molar-refractivity contribution in [2.24, 2.45) is 23.2 Å². The van der Waals surface area contributed by atoms with Gasteiger partial charge in [0.05, 0.1) is 5.41 Å². The van der Waals surface area contributed by atoms with Crippen LogP contribution in [0, 0.1) is 35.5 Å². The molecule has 2 fully saturated rings. The highest BCUT2D eigenvalue weighted by atomic mass is 14.4. The van der Waals surface area contributed by atoms with Crippen LogP contribution in [0.1, 0.15) is 120 Å². The maximum absolute atomic E-state index is 6.04. The van der Waals surface area contributed by atoms with Gasteiger partial charge in [0.25, 0.3) is 0 Å². The third kappa shape index (κ3) is 7.11. The number of hydrogen-bond donors (Lipinski definition) is 0. The summed E-state index contributed by atoms with van der Waals surface area (Å²) in [4.78, 5) is 0. The van der Waals surface area contributed by atoms with E-state index in [1.54, 1.807) is 5.57 Å². The van der Waals surface area contributed by atoms with Gasteiger partial charge in [-0.1, -0.05) is 115 Å². The average molecular weight is 557 g/mol. The van der Waals surface area contributed by atoms with Gasteiger partial charge in [-0.25, -0.2) is 0 Å². The first-order chi connectivity index (χ1) is 19.9. The molecule has 0 radical (unpaired) electrons. The summed E-state index contributed by atoms with van der Waals surface area (Å²) in [6.07, 6.45) is 20.2. The highest BCUT2D eigenvalue weighted by Gasteiger charge is 2.43. The van der Waals surface area contributed by atoms with Crippen LogP contribution >= 0.6 is 0 Å².